The van der Waals surface area contributed by atoms with E-state index in [0.29, 0.717) is 6.04 Å². The molecule has 2 heterocycles. The van der Waals surface area contributed by atoms with E-state index in [1.807, 2.05) is 11.3 Å². The molecule has 1 aliphatic rings. The van der Waals surface area contributed by atoms with Crippen LogP contribution in [0.2, 0.25) is 0 Å². The second-order valence-electron chi connectivity index (χ2n) is 5.21. The van der Waals surface area contributed by atoms with Crippen LogP contribution in [0.3, 0.4) is 0 Å². The van der Waals surface area contributed by atoms with Crippen LogP contribution in [-0.4, -0.2) is 19.2 Å². The molecule has 0 radical (unpaired) electrons. The van der Waals surface area contributed by atoms with Gasteiger partial charge in [-0.25, -0.2) is 0 Å². The molecule has 3 heteroatoms. The monoisotopic (exact) mass is 253 g/mol. The highest BCUT2D eigenvalue weighted by molar-refractivity contribution is 7.12. The topological polar surface area (TPSA) is 21.3 Å². The predicted molar refractivity (Wildman–Crippen MR) is 73.6 cm³/mol. The maximum atomic E-state index is 5.98. The number of rotatable bonds is 4. The third-order valence-electron chi connectivity index (χ3n) is 3.19. The van der Waals surface area contributed by atoms with Crippen molar-refractivity contribution in [3.63, 3.8) is 0 Å². The first-order valence-corrected chi connectivity index (χ1v) is 7.44. The molecule has 1 aliphatic heterocycles. The molecule has 0 amide bonds. The van der Waals surface area contributed by atoms with E-state index in [1.54, 1.807) is 0 Å². The van der Waals surface area contributed by atoms with E-state index in [9.17, 15) is 0 Å². The summed E-state index contributed by atoms with van der Waals surface area (Å²) in [4.78, 5) is 2.82. The van der Waals surface area contributed by atoms with Crippen molar-refractivity contribution in [1.82, 2.24) is 5.32 Å². The van der Waals surface area contributed by atoms with Gasteiger partial charge in [-0.3, -0.25) is 0 Å². The van der Waals surface area contributed by atoms with Gasteiger partial charge in [0.1, 0.15) is 6.10 Å². The van der Waals surface area contributed by atoms with Crippen LogP contribution in [0.5, 0.6) is 0 Å². The summed E-state index contributed by atoms with van der Waals surface area (Å²) in [5.41, 5.74) is 0. The van der Waals surface area contributed by atoms with Crippen LogP contribution in [0, 0.1) is 5.92 Å². The maximum Gasteiger partial charge on any atom is 0.104 e. The van der Waals surface area contributed by atoms with E-state index in [2.05, 4.69) is 38.2 Å². The lowest BCUT2D eigenvalue weighted by atomic mass is 10.0. The van der Waals surface area contributed by atoms with Crippen molar-refractivity contribution in [2.24, 2.45) is 5.92 Å². The maximum absolute atomic E-state index is 5.98. The molecule has 0 aliphatic carbocycles. The highest BCUT2D eigenvalue weighted by Gasteiger charge is 2.23. The van der Waals surface area contributed by atoms with Gasteiger partial charge in [0.05, 0.1) is 6.61 Å². The van der Waals surface area contributed by atoms with Crippen LogP contribution in [-0.2, 0) is 11.2 Å². The van der Waals surface area contributed by atoms with Crippen molar-refractivity contribution in [2.75, 3.05) is 13.2 Å². The number of ether oxygens (including phenoxy) is 1. The summed E-state index contributed by atoms with van der Waals surface area (Å²) in [5, 5.41) is 3.61. The number of aryl methyl sites for hydroxylation is 1. The van der Waals surface area contributed by atoms with Crippen molar-refractivity contribution >= 4 is 11.3 Å². The van der Waals surface area contributed by atoms with E-state index in [1.165, 1.54) is 16.2 Å². The molecule has 1 saturated heterocycles. The zero-order chi connectivity index (χ0) is 12.3. The number of nitrogens with one attached hydrogen (secondary N) is 1. The second kappa shape index (κ2) is 5.98. The third-order valence-corrected chi connectivity index (χ3v) is 4.52. The van der Waals surface area contributed by atoms with Crippen molar-refractivity contribution in [3.8, 4) is 0 Å². The van der Waals surface area contributed by atoms with Crippen LogP contribution >= 0.6 is 11.3 Å². The lowest BCUT2D eigenvalue weighted by molar-refractivity contribution is 0.000658. The van der Waals surface area contributed by atoms with Gasteiger partial charge in [-0.1, -0.05) is 20.8 Å². The number of morpholine rings is 1. The van der Waals surface area contributed by atoms with Crippen LogP contribution < -0.4 is 5.32 Å². The summed E-state index contributed by atoms with van der Waals surface area (Å²) >= 11 is 1.89. The molecule has 0 aromatic carbocycles. The Morgan fingerprint density at radius 3 is 2.82 bits per heavy atom. The number of thiophene rings is 1. The van der Waals surface area contributed by atoms with Crippen molar-refractivity contribution in [2.45, 2.75) is 45.8 Å². The summed E-state index contributed by atoms with van der Waals surface area (Å²) in [6, 6.07) is 4.99. The van der Waals surface area contributed by atoms with Crippen molar-refractivity contribution < 1.29 is 4.74 Å². The largest absolute Gasteiger partial charge is 0.370 e. The first-order chi connectivity index (χ1) is 8.19. The van der Waals surface area contributed by atoms with Crippen LogP contribution in [0.25, 0.3) is 0 Å². The van der Waals surface area contributed by atoms with Crippen molar-refractivity contribution in [1.29, 1.82) is 0 Å². The molecule has 0 saturated carbocycles. The van der Waals surface area contributed by atoms with Gasteiger partial charge >= 0.3 is 0 Å². The Morgan fingerprint density at radius 2 is 2.29 bits per heavy atom. The zero-order valence-electron chi connectivity index (χ0n) is 11.0. The second-order valence-corrected chi connectivity index (χ2v) is 6.41. The van der Waals surface area contributed by atoms with Crippen LogP contribution in [0.1, 0.15) is 43.1 Å². The van der Waals surface area contributed by atoms with E-state index < -0.39 is 0 Å². The fourth-order valence-corrected chi connectivity index (χ4v) is 3.29. The molecule has 2 rings (SSSR count). The molecule has 17 heavy (non-hydrogen) atoms. The quantitative estimate of drug-likeness (QED) is 0.888. The smallest absolute Gasteiger partial charge is 0.104 e. The molecule has 2 unspecified atom stereocenters. The standard InChI is InChI=1S/C14H23NOS/c1-4-12-5-6-14(17-12)13-8-15-11(9-16-13)7-10(2)3/h5-6,10-11,13,15H,4,7-9H2,1-3H3. The van der Waals surface area contributed by atoms with Gasteiger partial charge in [0, 0.05) is 22.3 Å². The van der Waals surface area contributed by atoms with Gasteiger partial charge < -0.3 is 10.1 Å². The van der Waals surface area contributed by atoms with Crippen LogP contribution in [0.15, 0.2) is 12.1 Å². The Hall–Kier alpha value is -0.380. The summed E-state index contributed by atoms with van der Waals surface area (Å²) < 4.78 is 5.98. The minimum absolute atomic E-state index is 0.267. The molecule has 2 atom stereocenters. The zero-order valence-corrected chi connectivity index (χ0v) is 11.8. The van der Waals surface area contributed by atoms with E-state index >= 15 is 0 Å². The molecule has 1 aromatic rings. The van der Waals surface area contributed by atoms with Gasteiger partial charge in [-0.2, -0.15) is 0 Å². The fraction of sp³-hybridized carbons (Fsp3) is 0.714. The highest BCUT2D eigenvalue weighted by Crippen LogP contribution is 2.28. The van der Waals surface area contributed by atoms with Gasteiger partial charge in [-0.15, -0.1) is 11.3 Å². The molecule has 2 nitrogen and oxygen atoms in total. The summed E-state index contributed by atoms with van der Waals surface area (Å²) in [6.45, 7) is 8.54. The van der Waals surface area contributed by atoms with E-state index in [-0.39, 0.29) is 6.10 Å². The first kappa shape index (κ1) is 13.1. The Kier molecular flexibility index (Phi) is 4.60. The molecule has 96 valence electrons. The van der Waals surface area contributed by atoms with Gasteiger partial charge in [0.15, 0.2) is 0 Å². The third kappa shape index (κ3) is 3.54. The molecule has 1 fully saturated rings. The fourth-order valence-electron chi connectivity index (χ4n) is 2.28. The Labute approximate surface area is 108 Å². The molecule has 0 spiro atoms. The average molecular weight is 253 g/mol. The highest BCUT2D eigenvalue weighted by atomic mass is 32.1. The summed E-state index contributed by atoms with van der Waals surface area (Å²) in [6.07, 6.45) is 2.60. The molecular formula is C14H23NOS. The SMILES string of the molecule is CCc1ccc(C2CNC(CC(C)C)CO2)s1. The minimum atomic E-state index is 0.267. The summed E-state index contributed by atoms with van der Waals surface area (Å²) in [7, 11) is 0. The van der Waals surface area contributed by atoms with Gasteiger partial charge in [0.2, 0.25) is 0 Å². The van der Waals surface area contributed by atoms with E-state index in [4.69, 9.17) is 4.74 Å². The number of hydrogen-bond donors (Lipinski definition) is 1. The summed E-state index contributed by atoms with van der Waals surface area (Å²) in [5.74, 6) is 0.737. The Bertz CT molecular complexity index is 340. The molecule has 1 aromatic heterocycles. The normalized spacial score (nSPS) is 25.4. The van der Waals surface area contributed by atoms with Gasteiger partial charge in [0.25, 0.3) is 0 Å². The lowest BCUT2D eigenvalue weighted by Gasteiger charge is -2.30. The minimum Gasteiger partial charge on any atom is -0.370 e. The van der Waals surface area contributed by atoms with Gasteiger partial charge in [-0.05, 0) is 30.9 Å². The molecule has 0 bridgehead atoms. The first-order valence-electron chi connectivity index (χ1n) is 6.62. The van der Waals surface area contributed by atoms with Crippen molar-refractivity contribution in [3.05, 3.63) is 21.9 Å². The Morgan fingerprint density at radius 1 is 1.47 bits per heavy atom. The van der Waals surface area contributed by atoms with Crippen LogP contribution in [0.4, 0.5) is 0 Å². The Balaban J connectivity index is 1.86. The molecule has 1 N–H and O–H groups in total. The number of hydrogen-bond acceptors (Lipinski definition) is 3. The molecular weight excluding hydrogens is 230 g/mol. The van der Waals surface area contributed by atoms with E-state index in [0.717, 1.165) is 25.5 Å². The average Bonchev–Trinajstić information content (AvgIpc) is 2.78. The lowest BCUT2D eigenvalue weighted by Crippen LogP contribution is -2.43. The predicted octanol–water partition coefficient (Wildman–Crippen LogP) is 3.39.